The molecule has 2 heterocycles. The molecular formula is C21H29N5O2S. The molecule has 156 valence electrons. The van der Waals surface area contributed by atoms with Gasteiger partial charge in [-0.25, -0.2) is 18.1 Å². The van der Waals surface area contributed by atoms with Crippen molar-refractivity contribution in [1.82, 2.24) is 14.7 Å². The molecule has 1 aliphatic heterocycles. The third kappa shape index (κ3) is 6.83. The van der Waals surface area contributed by atoms with Gasteiger partial charge in [0.2, 0.25) is 16.0 Å². The summed E-state index contributed by atoms with van der Waals surface area (Å²) in [5.74, 6) is 1.46. The number of aromatic nitrogens is 2. The first-order chi connectivity index (χ1) is 13.9. The highest BCUT2D eigenvalue weighted by Crippen LogP contribution is 2.19. The lowest BCUT2D eigenvalue weighted by atomic mass is 10.1. The number of hydrogen-bond acceptors (Lipinski definition) is 6. The van der Waals surface area contributed by atoms with Gasteiger partial charge in [0.25, 0.3) is 0 Å². The molecule has 2 aromatic rings. The van der Waals surface area contributed by atoms with Crippen LogP contribution in [0.4, 0.5) is 11.8 Å². The van der Waals surface area contributed by atoms with Crippen LogP contribution in [0.1, 0.15) is 36.1 Å². The Balaban J connectivity index is 1.50. The van der Waals surface area contributed by atoms with E-state index in [9.17, 15) is 8.42 Å². The molecule has 0 bridgehead atoms. The molecule has 0 saturated carbocycles. The monoisotopic (exact) mass is 415 g/mol. The normalized spacial score (nSPS) is 15.0. The summed E-state index contributed by atoms with van der Waals surface area (Å²) in [5.41, 5.74) is 2.87. The summed E-state index contributed by atoms with van der Waals surface area (Å²) >= 11 is 0. The molecule has 8 heteroatoms. The number of nitrogens with zero attached hydrogens (tertiary/aromatic N) is 3. The smallest absolute Gasteiger partial charge is 0.233 e. The summed E-state index contributed by atoms with van der Waals surface area (Å²) in [6.07, 6.45) is 5.22. The largest absolute Gasteiger partial charge is 0.356 e. The van der Waals surface area contributed by atoms with E-state index in [0.29, 0.717) is 12.5 Å². The molecule has 1 fully saturated rings. The zero-order valence-electron chi connectivity index (χ0n) is 17.1. The zero-order chi connectivity index (χ0) is 20.7. The van der Waals surface area contributed by atoms with Gasteiger partial charge in [-0.1, -0.05) is 29.8 Å². The summed E-state index contributed by atoms with van der Waals surface area (Å²) in [6.45, 7) is 6.62. The predicted octanol–water partition coefficient (Wildman–Crippen LogP) is 3.09. The van der Waals surface area contributed by atoms with Crippen LogP contribution in [0.3, 0.4) is 0 Å². The summed E-state index contributed by atoms with van der Waals surface area (Å²) in [6, 6.07) is 9.66. The lowest BCUT2D eigenvalue weighted by molar-refractivity contribution is 0.573. The maximum Gasteiger partial charge on any atom is 0.233 e. The number of sulfonamides is 1. The number of anilines is 2. The van der Waals surface area contributed by atoms with E-state index in [1.54, 1.807) is 6.08 Å². The first kappa shape index (κ1) is 21.3. The topological polar surface area (TPSA) is 87.2 Å². The molecule has 0 aliphatic carbocycles. The van der Waals surface area contributed by atoms with Crippen molar-refractivity contribution in [3.8, 4) is 0 Å². The fourth-order valence-electron chi connectivity index (χ4n) is 3.18. The fourth-order valence-corrected chi connectivity index (χ4v) is 4.00. The summed E-state index contributed by atoms with van der Waals surface area (Å²) in [5, 5.41) is 4.31. The van der Waals surface area contributed by atoms with Gasteiger partial charge in [-0.3, -0.25) is 0 Å². The van der Waals surface area contributed by atoms with Gasteiger partial charge in [0.05, 0.1) is 0 Å². The van der Waals surface area contributed by atoms with Crippen molar-refractivity contribution in [2.45, 2.75) is 33.1 Å². The predicted molar refractivity (Wildman–Crippen MR) is 118 cm³/mol. The molecule has 3 rings (SSSR count). The average Bonchev–Trinajstić information content (AvgIpc) is 2.71. The third-order valence-electron chi connectivity index (χ3n) is 4.75. The van der Waals surface area contributed by atoms with Gasteiger partial charge in [0, 0.05) is 43.3 Å². The van der Waals surface area contributed by atoms with E-state index in [1.807, 2.05) is 44.2 Å². The van der Waals surface area contributed by atoms with Crippen LogP contribution in [-0.4, -0.2) is 44.6 Å². The van der Waals surface area contributed by atoms with E-state index in [1.165, 1.54) is 24.7 Å². The summed E-state index contributed by atoms with van der Waals surface area (Å²) < 4.78 is 26.8. The quantitative estimate of drug-likeness (QED) is 0.644. The SMILES string of the molecule is Cc1ccc(/C=C/S(=O)(=O)NCCNc2nc(C)cc(N3CCCCC3)n2)cc1. The Hall–Kier alpha value is -2.45. The number of aryl methyl sites for hydroxylation is 2. The molecule has 0 radical (unpaired) electrons. The summed E-state index contributed by atoms with van der Waals surface area (Å²) in [7, 11) is -3.50. The molecule has 0 unspecified atom stereocenters. The Morgan fingerprint density at radius 3 is 2.48 bits per heavy atom. The van der Waals surface area contributed by atoms with Gasteiger partial charge in [0.15, 0.2) is 0 Å². The lowest BCUT2D eigenvalue weighted by Crippen LogP contribution is -2.31. The van der Waals surface area contributed by atoms with E-state index in [-0.39, 0.29) is 6.54 Å². The number of rotatable bonds is 8. The van der Waals surface area contributed by atoms with Crippen LogP contribution in [0.25, 0.3) is 6.08 Å². The van der Waals surface area contributed by atoms with Crippen molar-refractivity contribution < 1.29 is 8.42 Å². The van der Waals surface area contributed by atoms with Crippen molar-refractivity contribution in [3.05, 3.63) is 52.6 Å². The fraction of sp³-hybridized carbons (Fsp3) is 0.429. The van der Waals surface area contributed by atoms with Crippen LogP contribution in [0.15, 0.2) is 35.7 Å². The van der Waals surface area contributed by atoms with E-state index in [2.05, 4.69) is 24.9 Å². The van der Waals surface area contributed by atoms with Crippen molar-refractivity contribution >= 4 is 27.9 Å². The minimum Gasteiger partial charge on any atom is -0.356 e. The van der Waals surface area contributed by atoms with Crippen LogP contribution < -0.4 is 14.9 Å². The van der Waals surface area contributed by atoms with Crippen molar-refractivity contribution in [1.29, 1.82) is 0 Å². The number of benzene rings is 1. The second kappa shape index (κ2) is 9.84. The Bertz CT molecular complexity index is 936. The first-order valence-corrected chi connectivity index (χ1v) is 11.5. The van der Waals surface area contributed by atoms with Crippen LogP contribution in [-0.2, 0) is 10.0 Å². The van der Waals surface area contributed by atoms with Gasteiger partial charge in [-0.05, 0) is 44.7 Å². The van der Waals surface area contributed by atoms with Crippen molar-refractivity contribution in [2.75, 3.05) is 36.4 Å². The summed E-state index contributed by atoms with van der Waals surface area (Å²) in [4.78, 5) is 11.3. The number of piperidine rings is 1. The highest BCUT2D eigenvalue weighted by atomic mass is 32.2. The highest BCUT2D eigenvalue weighted by molar-refractivity contribution is 7.92. The zero-order valence-corrected chi connectivity index (χ0v) is 17.9. The second-order valence-corrected chi connectivity index (χ2v) is 8.97. The van der Waals surface area contributed by atoms with Crippen LogP contribution in [0.2, 0.25) is 0 Å². The minimum atomic E-state index is -3.50. The Morgan fingerprint density at radius 1 is 1.03 bits per heavy atom. The standard InChI is InChI=1S/C21H29N5O2S/c1-17-6-8-19(9-7-17)10-15-29(27,28)23-12-11-22-21-24-18(2)16-20(25-21)26-13-4-3-5-14-26/h6-10,15-16,23H,3-5,11-14H2,1-2H3,(H,22,24,25)/b15-10+. The van der Waals surface area contributed by atoms with Crippen molar-refractivity contribution in [3.63, 3.8) is 0 Å². The second-order valence-electron chi connectivity index (χ2n) is 7.32. The molecule has 1 aliphatic rings. The van der Waals surface area contributed by atoms with Gasteiger partial charge in [-0.2, -0.15) is 4.98 Å². The first-order valence-electron chi connectivity index (χ1n) is 10.0. The van der Waals surface area contributed by atoms with Crippen LogP contribution in [0.5, 0.6) is 0 Å². The Labute approximate surface area is 173 Å². The molecule has 0 spiro atoms. The molecule has 29 heavy (non-hydrogen) atoms. The minimum absolute atomic E-state index is 0.247. The van der Waals surface area contributed by atoms with E-state index < -0.39 is 10.0 Å². The molecule has 0 atom stereocenters. The van der Waals surface area contributed by atoms with Gasteiger partial charge >= 0.3 is 0 Å². The molecule has 1 aromatic carbocycles. The van der Waals surface area contributed by atoms with E-state index in [4.69, 9.17) is 0 Å². The Kier molecular flexibility index (Phi) is 7.22. The maximum absolute atomic E-state index is 12.1. The molecule has 1 saturated heterocycles. The van der Waals surface area contributed by atoms with E-state index >= 15 is 0 Å². The molecular weight excluding hydrogens is 386 g/mol. The van der Waals surface area contributed by atoms with Gasteiger partial charge < -0.3 is 10.2 Å². The lowest BCUT2D eigenvalue weighted by Gasteiger charge is -2.28. The van der Waals surface area contributed by atoms with Crippen molar-refractivity contribution in [2.24, 2.45) is 0 Å². The number of hydrogen-bond donors (Lipinski definition) is 2. The van der Waals surface area contributed by atoms with Crippen LogP contribution >= 0.6 is 0 Å². The van der Waals surface area contributed by atoms with E-state index in [0.717, 1.165) is 35.7 Å². The van der Waals surface area contributed by atoms with Crippen LogP contribution in [0, 0.1) is 13.8 Å². The highest BCUT2D eigenvalue weighted by Gasteiger charge is 2.14. The maximum atomic E-state index is 12.1. The average molecular weight is 416 g/mol. The Morgan fingerprint density at radius 2 is 1.76 bits per heavy atom. The molecule has 7 nitrogen and oxygen atoms in total. The molecule has 1 aromatic heterocycles. The molecule has 2 N–H and O–H groups in total. The van der Waals surface area contributed by atoms with Gasteiger partial charge in [-0.15, -0.1) is 0 Å². The number of nitrogens with one attached hydrogen (secondary N) is 2. The molecule has 0 amide bonds. The third-order valence-corrected chi connectivity index (χ3v) is 5.85. The van der Waals surface area contributed by atoms with Gasteiger partial charge in [0.1, 0.15) is 5.82 Å².